The van der Waals surface area contributed by atoms with Gasteiger partial charge in [0.05, 0.1) is 5.71 Å². The van der Waals surface area contributed by atoms with Gasteiger partial charge in [0.15, 0.2) is 0 Å². The lowest BCUT2D eigenvalue weighted by atomic mass is 9.99. The molecule has 0 spiro atoms. The standard InChI is InChI=1S/C27H38N6O/c1-5-9-22(17-12-18(2)3)31-25(29)21-15-13-20(14-16-21)24(28)19(4)26(33-27(30)34)32-23-10-7-6-8-11-23/h6-8,10-11,13-16,18,22,28,32H,5,9,12,17H2,1-4H3,(H2,29,31)(H3,30,33,34)/b26-19+,28-24?. The summed E-state index contributed by atoms with van der Waals surface area (Å²) >= 11 is 0. The van der Waals surface area contributed by atoms with Crippen molar-refractivity contribution >= 4 is 23.3 Å². The third-order valence-corrected chi connectivity index (χ3v) is 5.58. The van der Waals surface area contributed by atoms with Gasteiger partial charge in [-0.15, -0.1) is 0 Å². The lowest BCUT2D eigenvalue weighted by Crippen LogP contribution is -2.35. The van der Waals surface area contributed by atoms with Gasteiger partial charge in [0.25, 0.3) is 0 Å². The number of amides is 2. The summed E-state index contributed by atoms with van der Waals surface area (Å²) in [6.45, 7) is 8.36. The third-order valence-electron chi connectivity index (χ3n) is 5.58. The summed E-state index contributed by atoms with van der Waals surface area (Å²) in [5.74, 6) is 1.39. The van der Waals surface area contributed by atoms with Gasteiger partial charge in [-0.2, -0.15) is 0 Å². The Kier molecular flexibility index (Phi) is 10.3. The molecule has 1 atom stereocenters. The molecule has 2 aromatic carbocycles. The highest BCUT2D eigenvalue weighted by molar-refractivity contribution is 6.11. The number of primary amides is 1. The number of allylic oxidation sites excluding steroid dienone is 1. The van der Waals surface area contributed by atoms with Crippen molar-refractivity contribution < 1.29 is 4.79 Å². The minimum absolute atomic E-state index is 0.249. The fourth-order valence-corrected chi connectivity index (χ4v) is 3.61. The normalized spacial score (nSPS) is 12.5. The predicted octanol–water partition coefficient (Wildman–Crippen LogP) is 5.59. The van der Waals surface area contributed by atoms with Crippen LogP contribution < -0.4 is 21.7 Å². The number of urea groups is 1. The molecule has 7 heteroatoms. The van der Waals surface area contributed by atoms with E-state index in [1.54, 1.807) is 6.92 Å². The van der Waals surface area contributed by atoms with Crippen molar-refractivity contribution in [1.82, 2.24) is 10.6 Å². The maximum atomic E-state index is 11.5. The van der Waals surface area contributed by atoms with E-state index in [0.717, 1.165) is 36.9 Å². The number of rotatable bonds is 12. The number of hydrogen-bond donors (Lipinski definition) is 6. The first-order valence-electron chi connectivity index (χ1n) is 11.9. The Morgan fingerprint density at radius 1 is 0.941 bits per heavy atom. The van der Waals surface area contributed by atoms with Crippen molar-refractivity contribution in [3.05, 3.63) is 77.1 Å². The van der Waals surface area contributed by atoms with Gasteiger partial charge < -0.3 is 16.4 Å². The van der Waals surface area contributed by atoms with Crippen LogP contribution in [-0.4, -0.2) is 23.6 Å². The number of amidine groups is 1. The van der Waals surface area contributed by atoms with Crippen LogP contribution in [-0.2, 0) is 0 Å². The Morgan fingerprint density at radius 2 is 1.56 bits per heavy atom. The highest BCUT2D eigenvalue weighted by Crippen LogP contribution is 2.16. The maximum absolute atomic E-state index is 11.5. The first-order chi connectivity index (χ1) is 16.2. The highest BCUT2D eigenvalue weighted by atomic mass is 16.2. The summed E-state index contributed by atoms with van der Waals surface area (Å²) in [6, 6.07) is 16.3. The van der Waals surface area contributed by atoms with E-state index in [4.69, 9.17) is 16.6 Å². The molecule has 0 saturated carbocycles. The zero-order valence-corrected chi connectivity index (χ0v) is 20.7. The Morgan fingerprint density at radius 3 is 2.12 bits per heavy atom. The topological polar surface area (TPSA) is 127 Å². The molecule has 182 valence electrons. The first-order valence-corrected chi connectivity index (χ1v) is 11.9. The maximum Gasteiger partial charge on any atom is 0.317 e. The second-order valence-corrected chi connectivity index (χ2v) is 8.91. The SMILES string of the molecule is CCCC(CCC(C)C)NC(=N)c1ccc(C(=N)/C(C)=C(/NC(N)=O)Nc2ccccc2)cc1. The predicted molar refractivity (Wildman–Crippen MR) is 141 cm³/mol. The molecule has 0 radical (unpaired) electrons. The number of nitrogens with one attached hydrogen (secondary N) is 5. The summed E-state index contributed by atoms with van der Waals surface area (Å²) in [7, 11) is 0. The van der Waals surface area contributed by atoms with Gasteiger partial charge in [-0.05, 0) is 49.8 Å². The fraction of sp³-hybridized carbons (Fsp3) is 0.370. The van der Waals surface area contributed by atoms with Gasteiger partial charge in [-0.1, -0.05) is 69.7 Å². The fourth-order valence-electron chi connectivity index (χ4n) is 3.61. The second-order valence-electron chi connectivity index (χ2n) is 8.91. The minimum atomic E-state index is -0.709. The van der Waals surface area contributed by atoms with Gasteiger partial charge >= 0.3 is 6.03 Å². The zero-order valence-electron chi connectivity index (χ0n) is 20.7. The van der Waals surface area contributed by atoms with Crippen molar-refractivity contribution in [3.8, 4) is 0 Å². The molecule has 0 saturated heterocycles. The molecular weight excluding hydrogens is 424 g/mol. The molecule has 34 heavy (non-hydrogen) atoms. The molecule has 0 aliphatic carbocycles. The van der Waals surface area contributed by atoms with E-state index in [1.807, 2.05) is 54.6 Å². The molecule has 0 aliphatic heterocycles. The molecule has 7 nitrogen and oxygen atoms in total. The van der Waals surface area contributed by atoms with Crippen LogP contribution in [0.25, 0.3) is 0 Å². The Labute approximate surface area is 203 Å². The van der Waals surface area contributed by atoms with Gasteiger partial charge in [0.2, 0.25) is 0 Å². The molecular formula is C27H38N6O. The molecule has 0 heterocycles. The number of para-hydroxylation sites is 1. The summed E-state index contributed by atoms with van der Waals surface area (Å²) in [6.07, 6.45) is 4.28. The quantitative estimate of drug-likeness (QED) is 0.182. The van der Waals surface area contributed by atoms with Crippen LogP contribution >= 0.6 is 0 Å². The van der Waals surface area contributed by atoms with Crippen molar-refractivity contribution in [1.29, 1.82) is 10.8 Å². The number of carbonyl (C=O) groups is 1. The van der Waals surface area contributed by atoms with Crippen LogP contribution in [0.5, 0.6) is 0 Å². The third kappa shape index (κ3) is 8.39. The number of hydrogen-bond acceptors (Lipinski definition) is 4. The molecule has 2 amide bonds. The van der Waals surface area contributed by atoms with Crippen LogP contribution in [0.2, 0.25) is 0 Å². The van der Waals surface area contributed by atoms with Gasteiger partial charge in [-0.3, -0.25) is 16.1 Å². The zero-order chi connectivity index (χ0) is 25.1. The Hall–Kier alpha value is -3.61. The van der Waals surface area contributed by atoms with E-state index >= 15 is 0 Å². The largest absolute Gasteiger partial charge is 0.367 e. The number of nitrogens with two attached hydrogens (primary N) is 1. The molecule has 1 unspecified atom stereocenters. The molecule has 0 aliphatic rings. The summed E-state index contributed by atoms with van der Waals surface area (Å²) in [5, 5.41) is 26.3. The monoisotopic (exact) mass is 462 g/mol. The first kappa shape index (κ1) is 26.6. The van der Waals surface area contributed by atoms with E-state index in [0.29, 0.717) is 28.7 Å². The molecule has 0 fully saturated rings. The highest BCUT2D eigenvalue weighted by Gasteiger charge is 2.14. The molecule has 7 N–H and O–H groups in total. The molecule has 2 rings (SSSR count). The van der Waals surface area contributed by atoms with Crippen molar-refractivity contribution in [2.24, 2.45) is 11.7 Å². The van der Waals surface area contributed by atoms with Crippen LogP contribution in [0.15, 0.2) is 66.0 Å². The average molecular weight is 463 g/mol. The number of benzene rings is 2. The number of carbonyl (C=O) groups excluding carboxylic acids is 1. The average Bonchev–Trinajstić information content (AvgIpc) is 2.81. The lowest BCUT2D eigenvalue weighted by molar-refractivity contribution is 0.251. The van der Waals surface area contributed by atoms with Crippen molar-refractivity contribution in [3.63, 3.8) is 0 Å². The summed E-state index contributed by atoms with van der Waals surface area (Å²) in [4.78, 5) is 11.5. The Balaban J connectivity index is 2.16. The molecule has 0 aromatic heterocycles. The van der Waals surface area contributed by atoms with Crippen LogP contribution in [0.3, 0.4) is 0 Å². The minimum Gasteiger partial charge on any atom is -0.367 e. The summed E-state index contributed by atoms with van der Waals surface area (Å²) in [5.41, 5.74) is 8.37. The van der Waals surface area contributed by atoms with Gasteiger partial charge in [-0.25, -0.2) is 4.79 Å². The van der Waals surface area contributed by atoms with E-state index in [1.165, 1.54) is 0 Å². The van der Waals surface area contributed by atoms with Crippen LogP contribution in [0.1, 0.15) is 64.5 Å². The van der Waals surface area contributed by atoms with Crippen molar-refractivity contribution in [2.45, 2.75) is 59.4 Å². The van der Waals surface area contributed by atoms with E-state index in [9.17, 15) is 4.79 Å². The van der Waals surface area contributed by atoms with Crippen LogP contribution in [0, 0.1) is 16.7 Å². The van der Waals surface area contributed by atoms with E-state index in [-0.39, 0.29) is 11.8 Å². The molecule has 0 bridgehead atoms. The van der Waals surface area contributed by atoms with Gasteiger partial charge in [0.1, 0.15) is 11.7 Å². The van der Waals surface area contributed by atoms with Crippen LogP contribution in [0.4, 0.5) is 10.5 Å². The van der Waals surface area contributed by atoms with Gasteiger partial charge in [0, 0.05) is 22.9 Å². The second kappa shape index (κ2) is 13.2. The van der Waals surface area contributed by atoms with E-state index < -0.39 is 6.03 Å². The molecule has 2 aromatic rings. The van der Waals surface area contributed by atoms with Crippen molar-refractivity contribution in [2.75, 3.05) is 5.32 Å². The lowest BCUT2D eigenvalue weighted by Gasteiger charge is -2.21. The van der Waals surface area contributed by atoms with E-state index in [2.05, 4.69) is 36.7 Å². The Bertz CT molecular complexity index is 996. The smallest absolute Gasteiger partial charge is 0.317 e. The summed E-state index contributed by atoms with van der Waals surface area (Å²) < 4.78 is 0. The number of anilines is 1.